The Morgan fingerprint density at radius 1 is 1.35 bits per heavy atom. The van der Waals surface area contributed by atoms with Gasteiger partial charge in [0.05, 0.1) is 19.9 Å². The summed E-state index contributed by atoms with van der Waals surface area (Å²) in [4.78, 5) is 51.6. The highest BCUT2D eigenvalue weighted by Gasteiger charge is 2.45. The Morgan fingerprint density at radius 2 is 2.00 bits per heavy atom. The van der Waals surface area contributed by atoms with Gasteiger partial charge in [-0.25, -0.2) is 13.7 Å². The lowest BCUT2D eigenvalue weighted by Crippen LogP contribution is -2.38. The molecular weight excluding hydrogens is 402 g/mol. The zero-order valence-corrected chi connectivity index (χ0v) is 14.8. The van der Waals surface area contributed by atoms with Crippen molar-refractivity contribution in [1.29, 1.82) is 0 Å². The summed E-state index contributed by atoms with van der Waals surface area (Å²) in [6.07, 6.45) is -4.93. The molecule has 1 aromatic rings. The molecule has 14 nitrogen and oxygen atoms in total. The molecule has 148 valence electrons. The molecule has 1 aliphatic heterocycles. The summed E-state index contributed by atoms with van der Waals surface area (Å²) in [5.74, 6) is -0.247. The van der Waals surface area contributed by atoms with E-state index in [0.29, 0.717) is 0 Å². The number of nitrogens with zero attached hydrogens (tertiary/aromatic N) is 1. The molecule has 1 aromatic heterocycles. The van der Waals surface area contributed by atoms with Gasteiger partial charge in [-0.05, 0) is 0 Å². The molecule has 0 saturated carbocycles. The smallest absolute Gasteiger partial charge is 0.476 e. The van der Waals surface area contributed by atoms with Gasteiger partial charge in [-0.1, -0.05) is 0 Å². The molecule has 1 saturated heterocycles. The van der Waals surface area contributed by atoms with Crippen LogP contribution in [0, 0.1) is 0 Å². The molecular formula is C10H16N2O12P2. The summed E-state index contributed by atoms with van der Waals surface area (Å²) in [5, 5.41) is 20.0. The van der Waals surface area contributed by atoms with Crippen LogP contribution in [-0.4, -0.2) is 66.5 Å². The van der Waals surface area contributed by atoms with Crippen LogP contribution >= 0.6 is 16.4 Å². The lowest BCUT2D eigenvalue weighted by molar-refractivity contribution is -0.0528. The average Bonchev–Trinajstić information content (AvgIpc) is 2.80. The van der Waals surface area contributed by atoms with Crippen LogP contribution in [0.15, 0.2) is 15.8 Å². The highest BCUT2D eigenvalue weighted by atomic mass is 31.3. The second-order valence-electron chi connectivity index (χ2n) is 5.02. The summed E-state index contributed by atoms with van der Waals surface area (Å²) >= 11 is 0. The third-order valence-corrected chi connectivity index (χ3v) is 5.07. The maximum absolute atomic E-state index is 11.9. The van der Waals surface area contributed by atoms with Crippen LogP contribution in [0.5, 0.6) is 5.75 Å². The van der Waals surface area contributed by atoms with Gasteiger partial charge in [0.1, 0.15) is 18.3 Å². The van der Waals surface area contributed by atoms with Crippen molar-refractivity contribution in [2.45, 2.75) is 24.5 Å². The molecule has 0 unspecified atom stereocenters. The van der Waals surface area contributed by atoms with Crippen LogP contribution in [0.4, 0.5) is 0 Å². The molecule has 1 fully saturated rings. The maximum atomic E-state index is 11.9. The third-order valence-electron chi connectivity index (χ3n) is 3.29. The van der Waals surface area contributed by atoms with Gasteiger partial charge in [-0.15, -0.1) is 0 Å². The quantitative estimate of drug-likeness (QED) is 0.254. The first-order chi connectivity index (χ1) is 12.0. The molecule has 2 rings (SSSR count). The van der Waals surface area contributed by atoms with Crippen molar-refractivity contribution in [3.8, 4) is 5.75 Å². The topological polar surface area (TPSA) is 210 Å². The molecule has 0 radical (unpaired) electrons. The molecule has 1 aliphatic rings. The minimum atomic E-state index is -4.98. The van der Waals surface area contributed by atoms with Crippen molar-refractivity contribution in [3.05, 3.63) is 27.0 Å². The number of ether oxygens (including phenoxy) is 2. The highest BCUT2D eigenvalue weighted by molar-refractivity contribution is 7.57. The van der Waals surface area contributed by atoms with Gasteiger partial charge in [0.25, 0.3) is 5.56 Å². The fraction of sp³-hybridized carbons (Fsp3) is 0.600. The number of aliphatic hydroxyl groups is 2. The molecule has 0 amide bonds. The molecule has 0 spiro atoms. The monoisotopic (exact) mass is 418 g/mol. The standard InChI is InChI=1S/C10H16N2O12P2/c1-21-4-2-12(10(16)11-8(4)15)9-7(14)6(13)5(23-9)3-22-25(17)24-26(18,19)20/h2,5-7,9,13-14,17H,3H2,1H3,(H,11,15,16)(H2,18,19,20)/t5-,6-,7-,9-,25-/m1/s1. The summed E-state index contributed by atoms with van der Waals surface area (Å²) < 4.78 is 29.9. The largest absolute Gasteiger partial charge is 0.490 e. The molecule has 0 aliphatic carbocycles. The summed E-state index contributed by atoms with van der Waals surface area (Å²) in [6, 6.07) is 0. The number of H-pyrrole nitrogens is 1. The van der Waals surface area contributed by atoms with E-state index in [9.17, 15) is 29.3 Å². The van der Waals surface area contributed by atoms with Crippen molar-refractivity contribution in [3.63, 3.8) is 0 Å². The third kappa shape index (κ3) is 4.96. The maximum Gasteiger partial charge on any atom is 0.476 e. The summed E-state index contributed by atoms with van der Waals surface area (Å²) in [5.41, 5.74) is -1.75. The Bertz CT molecular complexity index is 789. The first-order valence-electron chi connectivity index (χ1n) is 6.81. The van der Waals surface area contributed by atoms with Gasteiger partial charge in [-0.2, -0.15) is 0 Å². The van der Waals surface area contributed by atoms with E-state index in [1.165, 1.54) is 7.11 Å². The Kier molecular flexibility index (Phi) is 6.69. The zero-order valence-electron chi connectivity index (χ0n) is 13.0. The summed E-state index contributed by atoms with van der Waals surface area (Å²) in [6.45, 7) is -0.619. The van der Waals surface area contributed by atoms with Crippen molar-refractivity contribution in [1.82, 2.24) is 9.55 Å². The Hall–Kier alpha value is -1.18. The SMILES string of the molecule is COc1cn([C@@H]2O[C@H](CO[P@@](O)OP(=O)(O)O)[C@@H](O)[C@H]2O)c(=O)[nH]c1=O. The fourth-order valence-corrected chi connectivity index (χ4v) is 3.34. The van der Waals surface area contributed by atoms with Crippen LogP contribution in [0.3, 0.4) is 0 Å². The lowest BCUT2D eigenvalue weighted by atomic mass is 10.1. The number of nitrogens with one attached hydrogen (secondary N) is 1. The van der Waals surface area contributed by atoms with Crippen molar-refractivity contribution < 1.29 is 47.8 Å². The van der Waals surface area contributed by atoms with Crippen molar-refractivity contribution >= 4 is 16.4 Å². The number of methoxy groups -OCH3 is 1. The lowest BCUT2D eigenvalue weighted by Gasteiger charge is -2.18. The molecule has 2 heterocycles. The number of aromatic nitrogens is 2. The van der Waals surface area contributed by atoms with E-state index in [-0.39, 0.29) is 5.75 Å². The zero-order chi connectivity index (χ0) is 19.6. The number of rotatable bonds is 7. The first-order valence-corrected chi connectivity index (χ1v) is 9.47. The number of aliphatic hydroxyl groups excluding tert-OH is 2. The average molecular weight is 418 g/mol. The normalized spacial score (nSPS) is 27.5. The number of hydrogen-bond acceptors (Lipinski definition) is 10. The van der Waals surface area contributed by atoms with Crippen LogP contribution < -0.4 is 16.0 Å². The first kappa shape index (κ1) is 21.1. The minimum Gasteiger partial charge on any atom is -0.490 e. The fourth-order valence-electron chi connectivity index (χ4n) is 2.15. The number of aromatic amines is 1. The van der Waals surface area contributed by atoms with Crippen LogP contribution in [0.25, 0.3) is 0 Å². The second kappa shape index (κ2) is 8.23. The van der Waals surface area contributed by atoms with E-state index >= 15 is 0 Å². The van der Waals surface area contributed by atoms with Gasteiger partial charge < -0.3 is 38.9 Å². The molecule has 0 bridgehead atoms. The number of phosphoric acid groups is 1. The van der Waals surface area contributed by atoms with Gasteiger partial charge in [-0.3, -0.25) is 14.3 Å². The minimum absolute atomic E-state index is 0.247. The van der Waals surface area contributed by atoms with Crippen LogP contribution in [0.1, 0.15) is 6.23 Å². The van der Waals surface area contributed by atoms with E-state index in [1.807, 2.05) is 4.98 Å². The predicted molar refractivity (Wildman–Crippen MR) is 82.0 cm³/mol. The molecule has 6 N–H and O–H groups in total. The van der Waals surface area contributed by atoms with Crippen molar-refractivity contribution in [2.75, 3.05) is 13.7 Å². The van der Waals surface area contributed by atoms with Gasteiger partial charge in [0, 0.05) is 0 Å². The Morgan fingerprint density at radius 3 is 2.58 bits per heavy atom. The molecule has 0 aromatic carbocycles. The molecule has 26 heavy (non-hydrogen) atoms. The van der Waals surface area contributed by atoms with E-state index < -0.39 is 58.8 Å². The highest BCUT2D eigenvalue weighted by Crippen LogP contribution is 2.52. The molecule has 16 heteroatoms. The Labute approximate surface area is 145 Å². The van der Waals surface area contributed by atoms with Crippen LogP contribution in [-0.2, 0) is 18.1 Å². The second-order valence-corrected chi connectivity index (χ2v) is 7.38. The number of hydrogen-bond donors (Lipinski definition) is 6. The van der Waals surface area contributed by atoms with E-state index in [4.69, 9.17) is 19.3 Å². The van der Waals surface area contributed by atoms with Crippen molar-refractivity contribution in [2.24, 2.45) is 0 Å². The van der Waals surface area contributed by atoms with Gasteiger partial charge in [0.15, 0.2) is 6.23 Å². The van der Waals surface area contributed by atoms with Gasteiger partial charge in [0.2, 0.25) is 5.75 Å². The van der Waals surface area contributed by atoms with E-state index in [2.05, 4.69) is 8.83 Å². The predicted octanol–water partition coefficient (Wildman–Crippen LogP) is -2.49. The Balaban J connectivity index is 2.11. The van der Waals surface area contributed by atoms with Gasteiger partial charge >= 0.3 is 22.1 Å². The van der Waals surface area contributed by atoms with Crippen LogP contribution in [0.2, 0.25) is 0 Å². The molecule has 5 atom stereocenters. The van der Waals surface area contributed by atoms with E-state index in [1.54, 1.807) is 0 Å². The summed E-state index contributed by atoms with van der Waals surface area (Å²) in [7, 11) is -6.78. The van der Waals surface area contributed by atoms with E-state index in [0.717, 1.165) is 10.8 Å².